The molecule has 0 aliphatic rings. The van der Waals surface area contributed by atoms with E-state index in [0.717, 1.165) is 16.7 Å². The minimum absolute atomic E-state index is 0.127. The molecule has 7 heteroatoms. The smallest absolute Gasteiger partial charge is 0.265 e. The molecular weight excluding hydrogens is 226 g/mol. The minimum Gasteiger partial charge on any atom is -0.277 e. The van der Waals surface area contributed by atoms with Crippen LogP contribution < -0.4 is 5.56 Å². The van der Waals surface area contributed by atoms with E-state index in [2.05, 4.69) is 13.7 Å². The molecular formula is C7H5NO4S2. The summed E-state index contributed by atoms with van der Waals surface area (Å²) >= 11 is 2.11. The predicted molar refractivity (Wildman–Crippen MR) is 53.1 cm³/mol. The van der Waals surface area contributed by atoms with Crippen molar-refractivity contribution < 1.29 is 14.6 Å². The predicted octanol–water partition coefficient (Wildman–Crippen LogP) is 2.02. The standard InChI is InChI=1S/C7H5NO4S2/c9-7-5-3-4(14-12-11-10)1-2-6(5)13-8-7/h1-3,10H,(H,8,9). The van der Waals surface area contributed by atoms with E-state index in [4.69, 9.17) is 5.26 Å². The lowest BCUT2D eigenvalue weighted by atomic mass is 10.3. The molecule has 0 aliphatic heterocycles. The second-order valence-corrected chi connectivity index (χ2v) is 4.04. The maximum Gasteiger partial charge on any atom is 0.265 e. The third-order valence-electron chi connectivity index (χ3n) is 1.61. The SMILES string of the molecule is O=c1[nH]sc2ccc(SOOO)cc12. The summed E-state index contributed by atoms with van der Waals surface area (Å²) in [7, 11) is 0. The lowest BCUT2D eigenvalue weighted by Gasteiger charge is -1.95. The molecule has 0 spiro atoms. The molecule has 2 rings (SSSR count). The molecule has 1 aromatic heterocycles. The van der Waals surface area contributed by atoms with E-state index in [1.807, 2.05) is 0 Å². The van der Waals surface area contributed by atoms with Gasteiger partial charge in [-0.2, -0.15) is 0 Å². The molecule has 0 unspecified atom stereocenters. The summed E-state index contributed by atoms with van der Waals surface area (Å²) in [6.45, 7) is 0. The number of benzene rings is 1. The summed E-state index contributed by atoms with van der Waals surface area (Å²) in [4.78, 5) is 11.9. The van der Waals surface area contributed by atoms with Gasteiger partial charge in [0, 0.05) is 4.90 Å². The summed E-state index contributed by atoms with van der Waals surface area (Å²) in [5, 5.41) is 12.0. The van der Waals surface area contributed by atoms with Gasteiger partial charge >= 0.3 is 0 Å². The molecule has 2 aromatic rings. The maximum atomic E-state index is 11.2. The first-order valence-electron chi connectivity index (χ1n) is 3.57. The Morgan fingerprint density at radius 2 is 2.36 bits per heavy atom. The van der Waals surface area contributed by atoms with Gasteiger partial charge in [-0.15, -0.1) is 4.33 Å². The largest absolute Gasteiger partial charge is 0.277 e. The molecule has 0 bridgehead atoms. The second kappa shape index (κ2) is 4.11. The molecule has 1 heterocycles. The molecule has 5 nitrogen and oxygen atoms in total. The highest BCUT2D eigenvalue weighted by Crippen LogP contribution is 2.23. The maximum absolute atomic E-state index is 11.2. The first-order chi connectivity index (χ1) is 6.81. The van der Waals surface area contributed by atoms with Gasteiger partial charge in [0.15, 0.2) is 0 Å². The van der Waals surface area contributed by atoms with Crippen molar-refractivity contribution in [2.75, 3.05) is 0 Å². The van der Waals surface area contributed by atoms with Crippen LogP contribution in [0.1, 0.15) is 0 Å². The first kappa shape index (κ1) is 9.69. The number of aromatic amines is 1. The Balaban J connectivity index is 2.39. The van der Waals surface area contributed by atoms with Gasteiger partial charge in [0.05, 0.1) is 22.1 Å². The number of nitrogens with one attached hydrogen (secondary N) is 1. The molecule has 1 aromatic carbocycles. The van der Waals surface area contributed by atoms with Crippen LogP contribution in [-0.2, 0) is 9.37 Å². The van der Waals surface area contributed by atoms with Gasteiger partial charge in [-0.05, 0) is 18.2 Å². The molecule has 0 aliphatic carbocycles. The van der Waals surface area contributed by atoms with Crippen LogP contribution in [0.5, 0.6) is 0 Å². The van der Waals surface area contributed by atoms with Crippen LogP contribution in [0.4, 0.5) is 0 Å². The molecule has 14 heavy (non-hydrogen) atoms. The van der Waals surface area contributed by atoms with Crippen molar-refractivity contribution in [3.8, 4) is 0 Å². The van der Waals surface area contributed by atoms with Gasteiger partial charge in [-0.25, -0.2) is 5.26 Å². The second-order valence-electron chi connectivity index (χ2n) is 2.42. The van der Waals surface area contributed by atoms with Crippen molar-refractivity contribution in [3.05, 3.63) is 28.6 Å². The number of fused-ring (bicyclic) bond motifs is 1. The Morgan fingerprint density at radius 3 is 3.14 bits per heavy atom. The number of aromatic nitrogens is 1. The summed E-state index contributed by atoms with van der Waals surface area (Å²) in [5.74, 6) is 0. The molecule has 74 valence electrons. The van der Waals surface area contributed by atoms with E-state index in [1.54, 1.807) is 18.2 Å². The Kier molecular flexibility index (Phi) is 2.85. The zero-order valence-corrected chi connectivity index (χ0v) is 8.35. The number of H-pyrrole nitrogens is 1. The van der Waals surface area contributed by atoms with Crippen molar-refractivity contribution in [3.63, 3.8) is 0 Å². The van der Waals surface area contributed by atoms with Crippen molar-refractivity contribution in [1.82, 2.24) is 4.37 Å². The van der Waals surface area contributed by atoms with Gasteiger partial charge in [-0.3, -0.25) is 9.17 Å². The van der Waals surface area contributed by atoms with Crippen molar-refractivity contribution in [2.45, 2.75) is 4.90 Å². The van der Waals surface area contributed by atoms with E-state index in [1.165, 1.54) is 11.5 Å². The fourth-order valence-corrected chi connectivity index (χ4v) is 2.15. The Labute approximate surface area is 86.5 Å². The van der Waals surface area contributed by atoms with Crippen LogP contribution in [-0.4, -0.2) is 9.63 Å². The molecule has 0 radical (unpaired) electrons. The molecule has 0 atom stereocenters. The number of hydrogen-bond donors (Lipinski definition) is 2. The normalized spacial score (nSPS) is 10.9. The quantitative estimate of drug-likeness (QED) is 0.480. The lowest BCUT2D eigenvalue weighted by Crippen LogP contribution is -1.95. The average Bonchev–Trinajstić information content (AvgIpc) is 2.57. The van der Waals surface area contributed by atoms with Crippen LogP contribution in [0, 0.1) is 0 Å². The van der Waals surface area contributed by atoms with Crippen LogP contribution in [0.2, 0.25) is 0 Å². The third-order valence-corrected chi connectivity index (χ3v) is 3.05. The highest BCUT2D eigenvalue weighted by Gasteiger charge is 2.03. The van der Waals surface area contributed by atoms with Gasteiger partial charge in [0.25, 0.3) is 5.56 Å². The highest BCUT2D eigenvalue weighted by molar-refractivity contribution is 7.94. The topological polar surface area (TPSA) is 71.6 Å². The molecule has 0 saturated heterocycles. The fraction of sp³-hybridized carbons (Fsp3) is 0. The zero-order valence-electron chi connectivity index (χ0n) is 6.72. The third kappa shape index (κ3) is 1.81. The van der Waals surface area contributed by atoms with E-state index >= 15 is 0 Å². The molecule has 0 saturated carbocycles. The van der Waals surface area contributed by atoms with Crippen molar-refractivity contribution >= 4 is 33.7 Å². The van der Waals surface area contributed by atoms with Crippen LogP contribution in [0.3, 0.4) is 0 Å². The van der Waals surface area contributed by atoms with E-state index in [9.17, 15) is 4.79 Å². The Bertz CT molecular complexity index is 492. The van der Waals surface area contributed by atoms with Gasteiger partial charge in [0.2, 0.25) is 0 Å². The summed E-state index contributed by atoms with van der Waals surface area (Å²) in [6.07, 6.45) is 0. The molecule has 0 fully saturated rings. The summed E-state index contributed by atoms with van der Waals surface area (Å²) in [5.41, 5.74) is -0.127. The molecule has 0 amide bonds. The van der Waals surface area contributed by atoms with Crippen LogP contribution >= 0.6 is 23.6 Å². The van der Waals surface area contributed by atoms with Gasteiger partial charge < -0.3 is 0 Å². The highest BCUT2D eigenvalue weighted by atomic mass is 32.2. The summed E-state index contributed by atoms with van der Waals surface area (Å²) < 4.78 is 7.74. The van der Waals surface area contributed by atoms with Gasteiger partial charge in [0.1, 0.15) is 0 Å². The van der Waals surface area contributed by atoms with Crippen molar-refractivity contribution in [2.24, 2.45) is 0 Å². The van der Waals surface area contributed by atoms with Crippen LogP contribution in [0.15, 0.2) is 27.9 Å². The zero-order chi connectivity index (χ0) is 9.97. The average molecular weight is 231 g/mol. The Morgan fingerprint density at radius 1 is 1.50 bits per heavy atom. The van der Waals surface area contributed by atoms with E-state index < -0.39 is 0 Å². The van der Waals surface area contributed by atoms with E-state index in [-0.39, 0.29) is 5.56 Å². The lowest BCUT2D eigenvalue weighted by molar-refractivity contribution is -0.432. The fourth-order valence-electron chi connectivity index (χ4n) is 1.04. The first-order valence-corrected chi connectivity index (χ1v) is 5.13. The monoisotopic (exact) mass is 231 g/mol. The van der Waals surface area contributed by atoms with E-state index in [0.29, 0.717) is 10.3 Å². The summed E-state index contributed by atoms with van der Waals surface area (Å²) in [6, 6.07) is 5.21. The number of rotatable bonds is 3. The van der Waals surface area contributed by atoms with Gasteiger partial charge in [-0.1, -0.05) is 16.6 Å². The number of hydrogen-bond acceptors (Lipinski definition) is 6. The van der Waals surface area contributed by atoms with Crippen LogP contribution in [0.25, 0.3) is 10.1 Å². The Hall–Kier alpha value is -0.860. The molecule has 2 N–H and O–H groups in total. The minimum atomic E-state index is -0.127. The van der Waals surface area contributed by atoms with Crippen molar-refractivity contribution in [1.29, 1.82) is 0 Å².